The molecule has 3 atom stereocenters. The molecule has 0 spiro atoms. The number of ether oxygens (including phenoxy) is 1. The zero-order chi connectivity index (χ0) is 10.9. The minimum atomic E-state index is 0.124. The van der Waals surface area contributed by atoms with Gasteiger partial charge in [0.2, 0.25) is 0 Å². The van der Waals surface area contributed by atoms with Crippen LogP contribution in [0.3, 0.4) is 0 Å². The van der Waals surface area contributed by atoms with E-state index in [4.69, 9.17) is 4.74 Å². The lowest BCUT2D eigenvalue weighted by Crippen LogP contribution is -2.48. The lowest BCUT2D eigenvalue weighted by Gasteiger charge is -2.39. The Labute approximate surface area is 93.8 Å². The minimum absolute atomic E-state index is 0.124. The van der Waals surface area contributed by atoms with E-state index in [0.717, 1.165) is 18.9 Å². The summed E-state index contributed by atoms with van der Waals surface area (Å²) in [4.78, 5) is 0. The molecule has 1 saturated carbocycles. The molecule has 2 heteroatoms. The van der Waals surface area contributed by atoms with Gasteiger partial charge in [-0.1, -0.05) is 6.92 Å². The smallest absolute Gasteiger partial charge is 0.0666 e. The van der Waals surface area contributed by atoms with E-state index in [9.17, 15) is 0 Å². The first-order valence-corrected chi connectivity index (χ1v) is 6.53. The Morgan fingerprint density at radius 2 is 2.13 bits per heavy atom. The van der Waals surface area contributed by atoms with Crippen molar-refractivity contribution in [2.24, 2.45) is 5.92 Å². The summed E-state index contributed by atoms with van der Waals surface area (Å²) in [7, 11) is 0. The van der Waals surface area contributed by atoms with Crippen LogP contribution in [0.5, 0.6) is 0 Å². The van der Waals surface area contributed by atoms with Crippen LogP contribution >= 0.6 is 0 Å². The van der Waals surface area contributed by atoms with Gasteiger partial charge in [-0.15, -0.1) is 0 Å². The van der Waals surface area contributed by atoms with Crippen molar-refractivity contribution in [3.05, 3.63) is 0 Å². The van der Waals surface area contributed by atoms with Crippen LogP contribution in [0.4, 0.5) is 0 Å². The van der Waals surface area contributed by atoms with Gasteiger partial charge < -0.3 is 10.1 Å². The van der Waals surface area contributed by atoms with Gasteiger partial charge in [-0.25, -0.2) is 0 Å². The van der Waals surface area contributed by atoms with E-state index in [-0.39, 0.29) is 5.60 Å². The van der Waals surface area contributed by atoms with Crippen molar-refractivity contribution in [2.45, 2.75) is 70.6 Å². The third-order valence-electron chi connectivity index (χ3n) is 4.17. The van der Waals surface area contributed by atoms with Crippen LogP contribution in [0, 0.1) is 5.92 Å². The van der Waals surface area contributed by atoms with Crippen molar-refractivity contribution < 1.29 is 4.74 Å². The topological polar surface area (TPSA) is 21.3 Å². The maximum Gasteiger partial charge on any atom is 0.0666 e. The van der Waals surface area contributed by atoms with E-state index in [2.05, 4.69) is 26.1 Å². The summed E-state index contributed by atoms with van der Waals surface area (Å²) in [6.07, 6.45) is 6.36. The highest BCUT2D eigenvalue weighted by Crippen LogP contribution is 2.34. The molecular formula is C13H25NO. The quantitative estimate of drug-likeness (QED) is 0.772. The average Bonchev–Trinajstić information content (AvgIpc) is 3.01. The van der Waals surface area contributed by atoms with Crippen molar-refractivity contribution in [1.82, 2.24) is 5.32 Å². The maximum absolute atomic E-state index is 5.86. The van der Waals surface area contributed by atoms with Gasteiger partial charge >= 0.3 is 0 Å². The SMILES string of the molecule is CCC1(C)CC(NC(C)C2CC2)CCO1. The van der Waals surface area contributed by atoms with E-state index < -0.39 is 0 Å². The Bertz CT molecular complexity index is 215. The fraction of sp³-hybridized carbons (Fsp3) is 1.00. The molecule has 88 valence electrons. The molecule has 1 heterocycles. The van der Waals surface area contributed by atoms with Crippen LogP contribution in [-0.2, 0) is 4.74 Å². The molecule has 2 aliphatic rings. The van der Waals surface area contributed by atoms with Crippen molar-refractivity contribution in [2.75, 3.05) is 6.61 Å². The molecule has 1 aliphatic heterocycles. The second-order valence-corrected chi connectivity index (χ2v) is 5.63. The zero-order valence-corrected chi connectivity index (χ0v) is 10.4. The summed E-state index contributed by atoms with van der Waals surface area (Å²) in [5, 5.41) is 3.79. The van der Waals surface area contributed by atoms with Gasteiger partial charge in [0.25, 0.3) is 0 Å². The van der Waals surface area contributed by atoms with Crippen LogP contribution in [0.1, 0.15) is 52.9 Å². The van der Waals surface area contributed by atoms with Crippen LogP contribution in [0.2, 0.25) is 0 Å². The minimum Gasteiger partial charge on any atom is -0.375 e. The molecule has 0 amide bonds. The molecule has 1 N–H and O–H groups in total. The molecule has 2 nitrogen and oxygen atoms in total. The Morgan fingerprint density at radius 1 is 1.40 bits per heavy atom. The maximum atomic E-state index is 5.86. The first-order chi connectivity index (χ1) is 7.13. The highest BCUT2D eigenvalue weighted by Gasteiger charge is 2.34. The second-order valence-electron chi connectivity index (χ2n) is 5.63. The third kappa shape index (κ3) is 2.94. The number of hydrogen-bond acceptors (Lipinski definition) is 2. The molecular weight excluding hydrogens is 186 g/mol. The van der Waals surface area contributed by atoms with E-state index >= 15 is 0 Å². The highest BCUT2D eigenvalue weighted by molar-refractivity contribution is 4.90. The molecule has 0 aromatic carbocycles. The van der Waals surface area contributed by atoms with Crippen LogP contribution in [-0.4, -0.2) is 24.3 Å². The summed E-state index contributed by atoms with van der Waals surface area (Å²) in [6.45, 7) is 7.76. The Hall–Kier alpha value is -0.0800. The van der Waals surface area contributed by atoms with Gasteiger partial charge in [0, 0.05) is 18.7 Å². The predicted octanol–water partition coefficient (Wildman–Crippen LogP) is 2.72. The van der Waals surface area contributed by atoms with Gasteiger partial charge in [0.05, 0.1) is 5.60 Å². The molecule has 15 heavy (non-hydrogen) atoms. The van der Waals surface area contributed by atoms with Crippen molar-refractivity contribution in [3.63, 3.8) is 0 Å². The first kappa shape index (κ1) is 11.4. The molecule has 2 fully saturated rings. The molecule has 0 aromatic rings. The fourth-order valence-electron chi connectivity index (χ4n) is 2.62. The predicted molar refractivity (Wildman–Crippen MR) is 63.0 cm³/mol. The van der Waals surface area contributed by atoms with E-state index in [1.165, 1.54) is 25.7 Å². The van der Waals surface area contributed by atoms with Gasteiger partial charge in [-0.2, -0.15) is 0 Å². The summed E-state index contributed by atoms with van der Waals surface area (Å²) in [5.74, 6) is 0.959. The van der Waals surface area contributed by atoms with Gasteiger partial charge in [-0.05, 0) is 51.9 Å². The summed E-state index contributed by atoms with van der Waals surface area (Å²) >= 11 is 0. The molecule has 0 bridgehead atoms. The van der Waals surface area contributed by atoms with Crippen LogP contribution in [0.25, 0.3) is 0 Å². The zero-order valence-electron chi connectivity index (χ0n) is 10.4. The number of rotatable bonds is 4. The van der Waals surface area contributed by atoms with Gasteiger partial charge in [-0.3, -0.25) is 0 Å². The van der Waals surface area contributed by atoms with Gasteiger partial charge in [0.15, 0.2) is 0 Å². The summed E-state index contributed by atoms with van der Waals surface area (Å²) in [6, 6.07) is 1.40. The van der Waals surface area contributed by atoms with Gasteiger partial charge in [0.1, 0.15) is 0 Å². The molecule has 1 saturated heterocycles. The summed E-state index contributed by atoms with van der Waals surface area (Å²) in [5.41, 5.74) is 0.124. The van der Waals surface area contributed by atoms with E-state index in [1.54, 1.807) is 0 Å². The third-order valence-corrected chi connectivity index (χ3v) is 4.17. The number of nitrogens with one attached hydrogen (secondary N) is 1. The lowest BCUT2D eigenvalue weighted by molar-refractivity contribution is -0.0791. The standard InChI is InChI=1S/C13H25NO/c1-4-13(3)9-12(7-8-15-13)14-10(2)11-5-6-11/h10-12,14H,4-9H2,1-3H3. The Balaban J connectivity index is 1.81. The summed E-state index contributed by atoms with van der Waals surface area (Å²) < 4.78 is 5.86. The largest absolute Gasteiger partial charge is 0.375 e. The monoisotopic (exact) mass is 211 g/mol. The Morgan fingerprint density at radius 3 is 2.73 bits per heavy atom. The molecule has 0 radical (unpaired) electrons. The average molecular weight is 211 g/mol. The van der Waals surface area contributed by atoms with E-state index in [1.807, 2.05) is 0 Å². The van der Waals surface area contributed by atoms with Crippen molar-refractivity contribution in [1.29, 1.82) is 0 Å². The fourth-order valence-corrected chi connectivity index (χ4v) is 2.62. The molecule has 2 rings (SSSR count). The van der Waals surface area contributed by atoms with E-state index in [0.29, 0.717) is 12.1 Å². The normalized spacial score (nSPS) is 39.0. The lowest BCUT2D eigenvalue weighted by atomic mass is 9.89. The first-order valence-electron chi connectivity index (χ1n) is 6.53. The highest BCUT2D eigenvalue weighted by atomic mass is 16.5. The van der Waals surface area contributed by atoms with Crippen LogP contribution in [0.15, 0.2) is 0 Å². The number of hydrogen-bond donors (Lipinski definition) is 1. The van der Waals surface area contributed by atoms with Crippen molar-refractivity contribution >= 4 is 0 Å². The Kier molecular flexibility index (Phi) is 3.36. The van der Waals surface area contributed by atoms with Crippen molar-refractivity contribution in [3.8, 4) is 0 Å². The second kappa shape index (κ2) is 4.42. The van der Waals surface area contributed by atoms with Crippen LogP contribution < -0.4 is 5.32 Å². The molecule has 3 unspecified atom stereocenters. The molecule has 1 aliphatic carbocycles. The molecule has 0 aromatic heterocycles.